The number of rotatable bonds is 7. The van der Waals surface area contributed by atoms with E-state index in [-0.39, 0.29) is 25.7 Å². The fraction of sp³-hybridized carbons (Fsp3) is 0.875. The highest BCUT2D eigenvalue weighted by Crippen LogP contribution is 1.99. The lowest BCUT2D eigenvalue weighted by Crippen LogP contribution is -2.52. The molecule has 0 rings (SSSR count). The maximum absolute atomic E-state index is 11.2. The Bertz CT molecular complexity index is 171. The van der Waals surface area contributed by atoms with Gasteiger partial charge in [-0.15, -0.1) is 0 Å². The Morgan fingerprint density at radius 2 is 2.07 bits per heavy atom. The number of hydrogen-bond acceptors (Lipinski definition) is 5. The highest BCUT2D eigenvalue weighted by atomic mass is 16.5. The first-order valence-corrected chi connectivity index (χ1v) is 4.38. The number of nitrogens with one attached hydrogen (secondary N) is 1. The Morgan fingerprint density at radius 1 is 1.50 bits per heavy atom. The third-order valence-corrected chi connectivity index (χ3v) is 1.63. The Morgan fingerprint density at radius 3 is 2.50 bits per heavy atom. The minimum atomic E-state index is -0.997. The second-order valence-corrected chi connectivity index (χ2v) is 3.27. The van der Waals surface area contributed by atoms with Crippen LogP contribution in [0.2, 0.25) is 0 Å². The van der Waals surface area contributed by atoms with Gasteiger partial charge in [0.1, 0.15) is 6.61 Å². The molecule has 0 atom stereocenters. The number of carbonyl (C=O) groups excluding carboxylic acids is 1. The van der Waals surface area contributed by atoms with Crippen LogP contribution in [0, 0.1) is 0 Å². The summed E-state index contributed by atoms with van der Waals surface area (Å²) < 4.78 is 4.88. The quantitative estimate of drug-likeness (QED) is 0.354. The number of carbonyl (C=O) groups is 1. The fourth-order valence-corrected chi connectivity index (χ4v) is 0.750. The third-order valence-electron chi connectivity index (χ3n) is 1.63. The van der Waals surface area contributed by atoms with Crippen molar-refractivity contribution >= 4 is 5.91 Å². The van der Waals surface area contributed by atoms with Crippen LogP contribution >= 0.6 is 0 Å². The zero-order valence-corrected chi connectivity index (χ0v) is 8.32. The first-order chi connectivity index (χ1) is 6.58. The molecule has 0 aromatic heterocycles. The van der Waals surface area contributed by atoms with Gasteiger partial charge in [-0.1, -0.05) is 0 Å². The molecule has 6 heteroatoms. The van der Waals surface area contributed by atoms with Gasteiger partial charge >= 0.3 is 0 Å². The molecule has 0 aliphatic heterocycles. The van der Waals surface area contributed by atoms with Crippen LogP contribution in [0.1, 0.15) is 6.92 Å². The molecule has 0 unspecified atom stereocenters. The molecule has 0 saturated heterocycles. The molecule has 0 aliphatic carbocycles. The van der Waals surface area contributed by atoms with Crippen molar-refractivity contribution in [1.29, 1.82) is 0 Å². The van der Waals surface area contributed by atoms with Crippen molar-refractivity contribution < 1.29 is 19.7 Å². The van der Waals surface area contributed by atoms with Crippen LogP contribution in [0.15, 0.2) is 0 Å². The maximum atomic E-state index is 11.2. The topological polar surface area (TPSA) is 105 Å². The molecule has 0 aromatic rings. The molecule has 5 N–H and O–H groups in total. The summed E-state index contributed by atoms with van der Waals surface area (Å²) in [6.07, 6.45) is 0. The molecule has 6 nitrogen and oxygen atoms in total. The number of nitrogens with two attached hydrogens (primary N) is 1. The summed E-state index contributed by atoms with van der Waals surface area (Å²) in [4.78, 5) is 11.2. The van der Waals surface area contributed by atoms with E-state index in [0.29, 0.717) is 13.2 Å². The summed E-state index contributed by atoms with van der Waals surface area (Å²) in [5, 5.41) is 20.2. The second kappa shape index (κ2) is 6.72. The SMILES string of the molecule is CC(CO)(CO)NC(=O)COCCN. The Balaban J connectivity index is 3.80. The molecule has 84 valence electrons. The lowest BCUT2D eigenvalue weighted by molar-refractivity contribution is -0.128. The summed E-state index contributed by atoms with van der Waals surface area (Å²) in [6, 6.07) is 0. The van der Waals surface area contributed by atoms with E-state index in [4.69, 9.17) is 20.7 Å². The van der Waals surface area contributed by atoms with E-state index >= 15 is 0 Å². The van der Waals surface area contributed by atoms with Gasteiger partial charge in [-0.2, -0.15) is 0 Å². The van der Waals surface area contributed by atoms with Crippen LogP contribution < -0.4 is 11.1 Å². The number of aliphatic hydroxyl groups is 2. The largest absolute Gasteiger partial charge is 0.394 e. The van der Waals surface area contributed by atoms with Gasteiger partial charge in [0.25, 0.3) is 0 Å². The van der Waals surface area contributed by atoms with E-state index < -0.39 is 5.54 Å². The molecule has 0 aromatic carbocycles. The van der Waals surface area contributed by atoms with E-state index in [1.165, 1.54) is 6.92 Å². The molecule has 0 fully saturated rings. The van der Waals surface area contributed by atoms with E-state index in [0.717, 1.165) is 0 Å². The van der Waals surface area contributed by atoms with Gasteiger partial charge in [-0.3, -0.25) is 4.79 Å². The van der Waals surface area contributed by atoms with Crippen LogP contribution in [0.4, 0.5) is 0 Å². The molecule has 14 heavy (non-hydrogen) atoms. The Hall–Kier alpha value is -0.690. The summed E-state index contributed by atoms with van der Waals surface area (Å²) >= 11 is 0. The summed E-state index contributed by atoms with van der Waals surface area (Å²) in [5.41, 5.74) is 4.16. The van der Waals surface area contributed by atoms with Crippen molar-refractivity contribution in [3.8, 4) is 0 Å². The van der Waals surface area contributed by atoms with Crippen molar-refractivity contribution in [1.82, 2.24) is 5.32 Å². The van der Waals surface area contributed by atoms with E-state index in [1.807, 2.05) is 0 Å². The van der Waals surface area contributed by atoms with Crippen molar-refractivity contribution in [3.63, 3.8) is 0 Å². The molecule has 0 bridgehead atoms. The average molecular weight is 206 g/mol. The molecular formula is C8H18N2O4. The van der Waals surface area contributed by atoms with Crippen molar-refractivity contribution in [2.24, 2.45) is 5.73 Å². The van der Waals surface area contributed by atoms with Crippen molar-refractivity contribution in [2.45, 2.75) is 12.5 Å². The van der Waals surface area contributed by atoms with Gasteiger partial charge in [0, 0.05) is 6.54 Å². The normalized spacial score (nSPS) is 11.4. The summed E-state index contributed by atoms with van der Waals surface area (Å²) in [6.45, 7) is 1.42. The standard InChI is InChI=1S/C8H18N2O4/c1-8(5-11,6-12)10-7(13)4-14-3-2-9/h11-12H,2-6,9H2,1H3,(H,10,13). The van der Waals surface area contributed by atoms with Crippen LogP contribution in [-0.4, -0.2) is 54.6 Å². The maximum Gasteiger partial charge on any atom is 0.246 e. The Kier molecular flexibility index (Phi) is 6.39. The zero-order chi connectivity index (χ0) is 11.0. The van der Waals surface area contributed by atoms with Crippen LogP contribution in [0.3, 0.4) is 0 Å². The molecule has 0 saturated carbocycles. The van der Waals surface area contributed by atoms with Crippen molar-refractivity contribution in [3.05, 3.63) is 0 Å². The number of hydrogen-bond donors (Lipinski definition) is 4. The van der Waals surface area contributed by atoms with Crippen LogP contribution in [0.25, 0.3) is 0 Å². The van der Waals surface area contributed by atoms with Gasteiger partial charge < -0.3 is 26.0 Å². The monoisotopic (exact) mass is 206 g/mol. The minimum absolute atomic E-state index is 0.118. The van der Waals surface area contributed by atoms with E-state index in [9.17, 15) is 4.79 Å². The average Bonchev–Trinajstić information content (AvgIpc) is 2.18. The highest BCUT2D eigenvalue weighted by Gasteiger charge is 2.24. The Labute approximate surface area is 83.0 Å². The smallest absolute Gasteiger partial charge is 0.246 e. The molecule has 0 aliphatic rings. The molecule has 0 radical (unpaired) electrons. The summed E-state index contributed by atoms with van der Waals surface area (Å²) in [7, 11) is 0. The predicted octanol–water partition coefficient (Wildman–Crippen LogP) is -2.18. The van der Waals surface area contributed by atoms with Gasteiger partial charge in [0.2, 0.25) is 5.91 Å². The number of amides is 1. The van der Waals surface area contributed by atoms with Crippen LogP contribution in [-0.2, 0) is 9.53 Å². The predicted molar refractivity (Wildman–Crippen MR) is 50.6 cm³/mol. The van der Waals surface area contributed by atoms with E-state index in [1.54, 1.807) is 0 Å². The van der Waals surface area contributed by atoms with Gasteiger partial charge in [0.15, 0.2) is 0 Å². The lowest BCUT2D eigenvalue weighted by Gasteiger charge is -2.25. The molecule has 0 spiro atoms. The molecular weight excluding hydrogens is 188 g/mol. The lowest BCUT2D eigenvalue weighted by atomic mass is 10.1. The third kappa shape index (κ3) is 5.13. The van der Waals surface area contributed by atoms with Gasteiger partial charge in [-0.05, 0) is 6.92 Å². The minimum Gasteiger partial charge on any atom is -0.394 e. The number of aliphatic hydroxyl groups excluding tert-OH is 2. The van der Waals surface area contributed by atoms with Crippen LogP contribution in [0.5, 0.6) is 0 Å². The fourth-order valence-electron chi connectivity index (χ4n) is 0.750. The first-order valence-electron chi connectivity index (χ1n) is 4.38. The van der Waals surface area contributed by atoms with Crippen molar-refractivity contribution in [2.75, 3.05) is 33.0 Å². The first kappa shape index (κ1) is 13.3. The van der Waals surface area contributed by atoms with Gasteiger partial charge in [0.05, 0.1) is 25.4 Å². The second-order valence-electron chi connectivity index (χ2n) is 3.27. The number of ether oxygens (including phenoxy) is 1. The van der Waals surface area contributed by atoms with E-state index in [2.05, 4.69) is 5.32 Å². The molecule has 0 heterocycles. The zero-order valence-electron chi connectivity index (χ0n) is 8.32. The summed E-state index contributed by atoms with van der Waals surface area (Å²) in [5.74, 6) is -0.385. The molecule has 1 amide bonds. The van der Waals surface area contributed by atoms with Gasteiger partial charge in [-0.25, -0.2) is 0 Å². The highest BCUT2D eigenvalue weighted by molar-refractivity contribution is 5.78.